The molecule has 7 nitrogen and oxygen atoms in total. The van der Waals surface area contributed by atoms with Gasteiger partial charge in [0.2, 0.25) is 0 Å². The summed E-state index contributed by atoms with van der Waals surface area (Å²) in [6.07, 6.45) is 0. The van der Waals surface area contributed by atoms with Crippen molar-refractivity contribution in [1.29, 1.82) is 0 Å². The number of likely N-dealkylation sites (N-methyl/N-ethyl adjacent to an activating group) is 1. The maximum Gasteiger partial charge on any atom is 0.360 e. The molecule has 2 N–H and O–H groups in total. The molecule has 21 heavy (non-hydrogen) atoms. The molecule has 0 heterocycles. The molecule has 0 unspecified atom stereocenters. The molecule has 1 aromatic carbocycles. The van der Waals surface area contributed by atoms with Crippen molar-refractivity contribution in [1.82, 2.24) is 5.06 Å². The number of carbonyl (C=O) groups is 2. The molecule has 1 rings (SSSR count). The van der Waals surface area contributed by atoms with Crippen LogP contribution in [-0.4, -0.2) is 53.0 Å². The van der Waals surface area contributed by atoms with Gasteiger partial charge in [0.25, 0.3) is 0 Å². The molecule has 0 radical (unpaired) electrons. The van der Waals surface area contributed by atoms with Crippen LogP contribution in [0, 0.1) is 0 Å². The minimum atomic E-state index is -1.31. The Morgan fingerprint density at radius 1 is 1.29 bits per heavy atom. The van der Waals surface area contributed by atoms with Gasteiger partial charge in [-0.3, -0.25) is 4.79 Å². The molecule has 1 atom stereocenters. The Kier molecular flexibility index (Phi) is 6.64. The van der Waals surface area contributed by atoms with Crippen molar-refractivity contribution in [2.45, 2.75) is 19.9 Å². The highest BCUT2D eigenvalue weighted by atomic mass is 16.7. The van der Waals surface area contributed by atoms with Gasteiger partial charge in [-0.2, -0.15) is 0 Å². The fraction of sp³-hybridized carbons (Fsp3) is 0.429. The molecule has 0 aliphatic carbocycles. The minimum Gasteiger partial charge on any atom is -0.493 e. The lowest BCUT2D eigenvalue weighted by atomic mass is 10.2. The summed E-state index contributed by atoms with van der Waals surface area (Å²) in [5.74, 6) is -1.65. The monoisotopic (exact) mass is 297 g/mol. The molecule has 7 heteroatoms. The van der Waals surface area contributed by atoms with Gasteiger partial charge in [-0.25, -0.2) is 4.79 Å². The summed E-state index contributed by atoms with van der Waals surface area (Å²) < 4.78 is 5.32. The number of carboxylic acids is 1. The van der Waals surface area contributed by atoms with E-state index in [1.54, 1.807) is 32.0 Å². The summed E-state index contributed by atoms with van der Waals surface area (Å²) in [6, 6.07) is 5.20. The first-order chi connectivity index (χ1) is 10.0. The van der Waals surface area contributed by atoms with E-state index in [4.69, 9.17) is 19.8 Å². The number of para-hydroxylation sites is 1. The molecule has 1 aromatic rings. The average Bonchev–Trinajstić information content (AvgIpc) is 2.47. The van der Waals surface area contributed by atoms with E-state index in [0.29, 0.717) is 12.4 Å². The first-order valence-corrected chi connectivity index (χ1v) is 6.59. The Bertz CT molecular complexity index is 490. The molecule has 0 amide bonds. The van der Waals surface area contributed by atoms with Crippen LogP contribution in [0.1, 0.15) is 24.2 Å². The van der Waals surface area contributed by atoms with Gasteiger partial charge in [-0.1, -0.05) is 12.1 Å². The van der Waals surface area contributed by atoms with E-state index in [1.165, 1.54) is 6.07 Å². The van der Waals surface area contributed by atoms with Gasteiger partial charge in [0.1, 0.15) is 11.3 Å². The fourth-order valence-corrected chi connectivity index (χ4v) is 1.71. The first-order valence-electron chi connectivity index (χ1n) is 6.59. The van der Waals surface area contributed by atoms with Crippen LogP contribution in [0.3, 0.4) is 0 Å². The molecular formula is C14H19NO6. The predicted molar refractivity (Wildman–Crippen MR) is 73.9 cm³/mol. The largest absolute Gasteiger partial charge is 0.493 e. The van der Waals surface area contributed by atoms with E-state index in [2.05, 4.69) is 0 Å². The van der Waals surface area contributed by atoms with Gasteiger partial charge in [0.05, 0.1) is 13.2 Å². The highest BCUT2D eigenvalue weighted by molar-refractivity contribution is 5.92. The Morgan fingerprint density at radius 2 is 1.95 bits per heavy atom. The number of benzene rings is 1. The van der Waals surface area contributed by atoms with Crippen LogP contribution in [0.4, 0.5) is 0 Å². The summed E-state index contributed by atoms with van der Waals surface area (Å²) in [5.41, 5.74) is 0.194. The number of rotatable bonds is 8. The zero-order chi connectivity index (χ0) is 15.8. The smallest absolute Gasteiger partial charge is 0.360 e. The number of hydrogen-bond donors (Lipinski definition) is 2. The number of ether oxygens (including phenoxy) is 1. The van der Waals surface area contributed by atoms with Crippen LogP contribution < -0.4 is 4.74 Å². The van der Waals surface area contributed by atoms with Crippen LogP contribution in [0.5, 0.6) is 5.75 Å². The molecule has 0 aliphatic rings. The van der Waals surface area contributed by atoms with Crippen molar-refractivity contribution in [2.24, 2.45) is 0 Å². The number of aliphatic hydroxyl groups excluding tert-OH is 1. The van der Waals surface area contributed by atoms with Gasteiger partial charge in [-0.15, -0.1) is 5.06 Å². The first kappa shape index (κ1) is 16.9. The lowest BCUT2D eigenvalue weighted by molar-refractivity contribution is -0.175. The van der Waals surface area contributed by atoms with Crippen molar-refractivity contribution in [3.8, 4) is 5.75 Å². The summed E-state index contributed by atoms with van der Waals surface area (Å²) in [6.45, 7) is 3.25. The minimum absolute atomic E-state index is 0.125. The SMILES string of the molecule is CCOc1ccccc1C(=O)ON(CC)[C@@H](CO)C(=O)O. The molecule has 116 valence electrons. The van der Waals surface area contributed by atoms with E-state index < -0.39 is 24.6 Å². The Morgan fingerprint density at radius 3 is 2.48 bits per heavy atom. The Hall–Kier alpha value is -2.12. The average molecular weight is 297 g/mol. The summed E-state index contributed by atoms with van der Waals surface area (Å²) in [7, 11) is 0. The Balaban J connectivity index is 2.90. The van der Waals surface area contributed by atoms with E-state index >= 15 is 0 Å². The lowest BCUT2D eigenvalue weighted by Gasteiger charge is -2.24. The number of hydroxylamine groups is 2. The highest BCUT2D eigenvalue weighted by Crippen LogP contribution is 2.19. The molecule has 0 saturated heterocycles. The van der Waals surface area contributed by atoms with Gasteiger partial charge in [0, 0.05) is 6.54 Å². The molecule has 0 aromatic heterocycles. The second-order valence-electron chi connectivity index (χ2n) is 4.08. The zero-order valence-electron chi connectivity index (χ0n) is 12.0. The van der Waals surface area contributed by atoms with Crippen LogP contribution in [0.15, 0.2) is 24.3 Å². The maximum atomic E-state index is 12.1. The Labute approximate surface area is 122 Å². The van der Waals surface area contributed by atoms with Crippen LogP contribution >= 0.6 is 0 Å². The fourth-order valence-electron chi connectivity index (χ4n) is 1.71. The highest BCUT2D eigenvalue weighted by Gasteiger charge is 2.28. The van der Waals surface area contributed by atoms with Crippen molar-refractivity contribution >= 4 is 11.9 Å². The molecule has 0 saturated carbocycles. The number of hydrogen-bond acceptors (Lipinski definition) is 6. The predicted octanol–water partition coefficient (Wildman–Crippen LogP) is 0.924. The van der Waals surface area contributed by atoms with E-state index in [-0.39, 0.29) is 12.1 Å². The third kappa shape index (κ3) is 4.44. The molecular weight excluding hydrogens is 278 g/mol. The molecule has 0 spiro atoms. The quantitative estimate of drug-likeness (QED) is 0.689. The number of carbonyl (C=O) groups excluding carboxylic acids is 1. The van der Waals surface area contributed by atoms with Crippen molar-refractivity contribution in [3.05, 3.63) is 29.8 Å². The number of aliphatic carboxylic acids is 1. The third-order valence-electron chi connectivity index (χ3n) is 2.72. The van der Waals surface area contributed by atoms with E-state index in [9.17, 15) is 9.59 Å². The number of nitrogens with zero attached hydrogens (tertiary/aromatic N) is 1. The van der Waals surface area contributed by atoms with Crippen molar-refractivity contribution in [3.63, 3.8) is 0 Å². The standard InChI is InChI=1S/C14H19NO6/c1-3-15(11(9-16)13(17)18)21-14(19)10-7-5-6-8-12(10)20-4-2/h5-8,11,16H,3-4,9H2,1-2H3,(H,17,18)/t11-/m0/s1. The number of aliphatic hydroxyl groups is 1. The molecule has 0 aliphatic heterocycles. The third-order valence-corrected chi connectivity index (χ3v) is 2.72. The van der Waals surface area contributed by atoms with Gasteiger partial charge < -0.3 is 19.8 Å². The van der Waals surface area contributed by atoms with E-state index in [1.807, 2.05) is 0 Å². The molecule has 0 bridgehead atoms. The van der Waals surface area contributed by atoms with E-state index in [0.717, 1.165) is 5.06 Å². The summed E-state index contributed by atoms with van der Waals surface area (Å²) in [5, 5.41) is 19.0. The van der Waals surface area contributed by atoms with Gasteiger partial charge in [0.15, 0.2) is 6.04 Å². The zero-order valence-corrected chi connectivity index (χ0v) is 12.0. The van der Waals surface area contributed by atoms with Gasteiger partial charge >= 0.3 is 11.9 Å². The second kappa shape index (κ2) is 8.23. The van der Waals surface area contributed by atoms with Crippen LogP contribution in [0.25, 0.3) is 0 Å². The topological polar surface area (TPSA) is 96.3 Å². The van der Waals surface area contributed by atoms with Crippen molar-refractivity contribution in [2.75, 3.05) is 19.8 Å². The summed E-state index contributed by atoms with van der Waals surface area (Å²) >= 11 is 0. The van der Waals surface area contributed by atoms with Crippen molar-refractivity contribution < 1.29 is 29.4 Å². The number of carboxylic acid groups (broad SMARTS) is 1. The maximum absolute atomic E-state index is 12.1. The van der Waals surface area contributed by atoms with Crippen LogP contribution in [-0.2, 0) is 9.63 Å². The normalized spacial score (nSPS) is 12.0. The summed E-state index contributed by atoms with van der Waals surface area (Å²) in [4.78, 5) is 28.2. The van der Waals surface area contributed by atoms with Gasteiger partial charge in [-0.05, 0) is 26.0 Å². The lowest BCUT2D eigenvalue weighted by Crippen LogP contribution is -2.44. The molecule has 0 fully saturated rings. The van der Waals surface area contributed by atoms with Crippen LogP contribution in [0.2, 0.25) is 0 Å². The second-order valence-corrected chi connectivity index (χ2v) is 4.08.